The summed E-state index contributed by atoms with van der Waals surface area (Å²) in [5.41, 5.74) is 0.986. The van der Waals surface area contributed by atoms with Crippen LogP contribution in [0.3, 0.4) is 0 Å². The summed E-state index contributed by atoms with van der Waals surface area (Å²) >= 11 is 0. The van der Waals surface area contributed by atoms with Crippen molar-refractivity contribution in [3.63, 3.8) is 0 Å². The number of nitrogens with one attached hydrogen (secondary N) is 2. The van der Waals surface area contributed by atoms with Gasteiger partial charge in [-0.15, -0.1) is 0 Å². The van der Waals surface area contributed by atoms with Crippen LogP contribution in [0.5, 0.6) is 0 Å². The minimum Gasteiger partial charge on any atom is -0.467 e. The van der Waals surface area contributed by atoms with Crippen LogP contribution in [-0.4, -0.2) is 25.4 Å². The van der Waals surface area contributed by atoms with Gasteiger partial charge in [-0.3, -0.25) is 9.59 Å². The van der Waals surface area contributed by atoms with Gasteiger partial charge in [0.05, 0.1) is 30.6 Å². The number of para-hydroxylation sites is 1. The largest absolute Gasteiger partial charge is 0.467 e. The molecule has 3 aromatic rings. The van der Waals surface area contributed by atoms with Gasteiger partial charge in [-0.2, -0.15) is 0 Å². The molecule has 0 atom stereocenters. The smallest absolute Gasteiger partial charge is 0.253 e. The Hall–Kier alpha value is -3.68. The summed E-state index contributed by atoms with van der Waals surface area (Å²) in [5, 5.41) is 5.40. The topological polar surface area (TPSA) is 74.6 Å². The molecule has 1 heterocycles. The van der Waals surface area contributed by atoms with Crippen molar-refractivity contribution in [3.05, 3.63) is 83.8 Å². The molecule has 0 unspecified atom stereocenters. The number of carbonyl (C=O) groups is 2. The van der Waals surface area contributed by atoms with E-state index in [1.54, 1.807) is 43.4 Å². The van der Waals surface area contributed by atoms with Gasteiger partial charge >= 0.3 is 0 Å². The summed E-state index contributed by atoms with van der Waals surface area (Å²) in [6.07, 6.45) is 1.51. The number of halogens is 2. The van der Waals surface area contributed by atoms with Crippen molar-refractivity contribution in [2.75, 3.05) is 23.8 Å². The zero-order valence-electron chi connectivity index (χ0n) is 15.6. The molecule has 2 amide bonds. The summed E-state index contributed by atoms with van der Waals surface area (Å²) in [4.78, 5) is 26.3. The minimum absolute atomic E-state index is 0.118. The van der Waals surface area contributed by atoms with Crippen molar-refractivity contribution in [1.82, 2.24) is 5.32 Å². The van der Waals surface area contributed by atoms with Crippen LogP contribution in [0.15, 0.2) is 65.3 Å². The van der Waals surface area contributed by atoms with E-state index in [-0.39, 0.29) is 19.0 Å². The Labute approximate surface area is 166 Å². The quantitative estimate of drug-likeness (QED) is 0.637. The van der Waals surface area contributed by atoms with Crippen molar-refractivity contribution in [3.8, 4) is 0 Å². The molecule has 0 fully saturated rings. The van der Waals surface area contributed by atoms with E-state index in [2.05, 4.69) is 10.6 Å². The van der Waals surface area contributed by atoms with Crippen molar-refractivity contribution < 1.29 is 22.8 Å². The van der Waals surface area contributed by atoms with E-state index in [9.17, 15) is 18.4 Å². The van der Waals surface area contributed by atoms with E-state index in [0.29, 0.717) is 22.7 Å². The molecular weight excluding hydrogens is 380 g/mol. The van der Waals surface area contributed by atoms with Crippen LogP contribution >= 0.6 is 0 Å². The molecule has 8 heteroatoms. The van der Waals surface area contributed by atoms with Crippen molar-refractivity contribution >= 4 is 23.2 Å². The van der Waals surface area contributed by atoms with Gasteiger partial charge in [0.2, 0.25) is 5.91 Å². The number of furan rings is 1. The third-order valence-corrected chi connectivity index (χ3v) is 4.17. The van der Waals surface area contributed by atoms with Gasteiger partial charge in [-0.05, 0) is 36.4 Å². The predicted octanol–water partition coefficient (Wildman–Crippen LogP) is 3.56. The van der Waals surface area contributed by atoms with E-state index >= 15 is 0 Å². The highest BCUT2D eigenvalue weighted by Crippen LogP contribution is 2.18. The Morgan fingerprint density at radius 2 is 1.83 bits per heavy atom. The standard InChI is InChI=1S/C21H19F2N3O3/c1-26(14-8-9-17(22)18(23)11-14)13-20(27)25-19-7-3-2-6-16(19)21(28)24-12-15-5-4-10-29-15/h2-11H,12-13H2,1H3,(H,24,28)(H,25,27). The number of anilines is 2. The Balaban J connectivity index is 1.64. The normalized spacial score (nSPS) is 10.4. The summed E-state index contributed by atoms with van der Waals surface area (Å²) in [6, 6.07) is 13.4. The number of hydrogen-bond donors (Lipinski definition) is 2. The number of amides is 2. The summed E-state index contributed by atoms with van der Waals surface area (Å²) < 4.78 is 31.6. The molecule has 0 saturated heterocycles. The molecule has 29 heavy (non-hydrogen) atoms. The molecule has 0 aliphatic heterocycles. The molecule has 0 aliphatic carbocycles. The Kier molecular flexibility index (Phi) is 6.23. The van der Waals surface area contributed by atoms with Crippen LogP contribution in [0, 0.1) is 11.6 Å². The van der Waals surface area contributed by atoms with Crippen LogP contribution in [0.4, 0.5) is 20.2 Å². The number of hydrogen-bond acceptors (Lipinski definition) is 4. The first-order valence-corrected chi connectivity index (χ1v) is 8.79. The first-order valence-electron chi connectivity index (χ1n) is 8.79. The Morgan fingerprint density at radius 3 is 2.55 bits per heavy atom. The molecule has 0 bridgehead atoms. The van der Waals surface area contributed by atoms with E-state index in [1.807, 2.05) is 0 Å². The molecule has 0 aliphatic rings. The highest BCUT2D eigenvalue weighted by Gasteiger charge is 2.15. The minimum atomic E-state index is -0.992. The molecule has 0 spiro atoms. The first kappa shape index (κ1) is 20.1. The number of benzene rings is 2. The lowest BCUT2D eigenvalue weighted by Gasteiger charge is -2.19. The van der Waals surface area contributed by atoms with Crippen LogP contribution in [0.1, 0.15) is 16.1 Å². The summed E-state index contributed by atoms with van der Waals surface area (Å²) in [6.45, 7) is 0.0976. The van der Waals surface area contributed by atoms with Gasteiger partial charge in [0, 0.05) is 18.8 Å². The fourth-order valence-electron chi connectivity index (χ4n) is 2.68. The van der Waals surface area contributed by atoms with E-state index in [0.717, 1.165) is 12.1 Å². The van der Waals surface area contributed by atoms with E-state index in [4.69, 9.17) is 4.42 Å². The zero-order chi connectivity index (χ0) is 20.8. The second kappa shape index (κ2) is 9.01. The van der Waals surface area contributed by atoms with Crippen LogP contribution < -0.4 is 15.5 Å². The number of likely N-dealkylation sites (N-methyl/N-ethyl adjacent to an activating group) is 1. The SMILES string of the molecule is CN(CC(=O)Nc1ccccc1C(=O)NCc1ccco1)c1ccc(F)c(F)c1. The Morgan fingerprint density at radius 1 is 1.03 bits per heavy atom. The van der Waals surface area contributed by atoms with Crippen molar-refractivity contribution in [1.29, 1.82) is 0 Å². The molecule has 2 aromatic carbocycles. The number of carbonyl (C=O) groups excluding carboxylic acids is 2. The molecule has 0 saturated carbocycles. The molecule has 0 radical (unpaired) electrons. The maximum atomic E-state index is 13.4. The van der Waals surface area contributed by atoms with E-state index < -0.39 is 17.5 Å². The van der Waals surface area contributed by atoms with Crippen molar-refractivity contribution in [2.24, 2.45) is 0 Å². The predicted molar refractivity (Wildman–Crippen MR) is 105 cm³/mol. The van der Waals surface area contributed by atoms with Gasteiger partial charge in [-0.1, -0.05) is 12.1 Å². The van der Waals surface area contributed by atoms with Crippen LogP contribution in [-0.2, 0) is 11.3 Å². The van der Waals surface area contributed by atoms with Gasteiger partial charge in [0.25, 0.3) is 5.91 Å². The Bertz CT molecular complexity index is 1010. The average Bonchev–Trinajstić information content (AvgIpc) is 3.22. The molecule has 2 N–H and O–H groups in total. The molecule has 6 nitrogen and oxygen atoms in total. The molecule has 1 aromatic heterocycles. The van der Waals surface area contributed by atoms with Gasteiger partial charge < -0.3 is 20.0 Å². The monoisotopic (exact) mass is 399 g/mol. The molecular formula is C21H19F2N3O3. The highest BCUT2D eigenvalue weighted by molar-refractivity contribution is 6.04. The van der Waals surface area contributed by atoms with Crippen molar-refractivity contribution in [2.45, 2.75) is 6.54 Å². The summed E-state index contributed by atoms with van der Waals surface area (Å²) in [5.74, 6) is -2.13. The maximum absolute atomic E-state index is 13.4. The third-order valence-electron chi connectivity index (χ3n) is 4.17. The van der Waals surface area contributed by atoms with Crippen LogP contribution in [0.2, 0.25) is 0 Å². The zero-order valence-corrected chi connectivity index (χ0v) is 15.6. The summed E-state index contributed by atoms with van der Waals surface area (Å²) in [7, 11) is 1.58. The van der Waals surface area contributed by atoms with Crippen LogP contribution in [0.25, 0.3) is 0 Å². The van der Waals surface area contributed by atoms with Gasteiger partial charge in [0.1, 0.15) is 5.76 Å². The highest BCUT2D eigenvalue weighted by atomic mass is 19.2. The number of rotatable bonds is 7. The fourth-order valence-corrected chi connectivity index (χ4v) is 2.68. The number of nitrogens with zero attached hydrogens (tertiary/aromatic N) is 1. The first-order chi connectivity index (χ1) is 13.9. The second-order valence-corrected chi connectivity index (χ2v) is 6.31. The maximum Gasteiger partial charge on any atom is 0.253 e. The molecule has 150 valence electrons. The lowest BCUT2D eigenvalue weighted by Crippen LogP contribution is -2.31. The fraction of sp³-hybridized carbons (Fsp3) is 0.143. The van der Waals surface area contributed by atoms with Gasteiger partial charge in [0.15, 0.2) is 11.6 Å². The van der Waals surface area contributed by atoms with E-state index in [1.165, 1.54) is 17.2 Å². The lowest BCUT2D eigenvalue weighted by molar-refractivity contribution is -0.114. The van der Waals surface area contributed by atoms with Gasteiger partial charge in [-0.25, -0.2) is 8.78 Å². The molecule has 3 rings (SSSR count). The lowest BCUT2D eigenvalue weighted by atomic mass is 10.1. The third kappa shape index (κ3) is 5.19. The second-order valence-electron chi connectivity index (χ2n) is 6.31. The average molecular weight is 399 g/mol.